The number of nitrogens with zero attached hydrogens (tertiary/aromatic N) is 4. The van der Waals surface area contributed by atoms with Crippen molar-refractivity contribution in [1.82, 2.24) is 14.2 Å². The molecule has 194 valence electrons. The SMILES string of the molecule is CCCNn1cc(-c2nc3cc(OC)ccc3n(CC(=O)OC(C)(C)C)c2=O)c2ccc([N+](=O)[O-])cc21. The van der Waals surface area contributed by atoms with Gasteiger partial charge in [-0.1, -0.05) is 6.92 Å². The largest absolute Gasteiger partial charge is 0.497 e. The summed E-state index contributed by atoms with van der Waals surface area (Å²) < 4.78 is 13.8. The number of fused-ring (bicyclic) bond motifs is 2. The Morgan fingerprint density at radius 1 is 1.16 bits per heavy atom. The Labute approximate surface area is 212 Å². The molecule has 0 spiro atoms. The van der Waals surface area contributed by atoms with Crippen molar-refractivity contribution in [2.75, 3.05) is 19.1 Å². The van der Waals surface area contributed by atoms with Gasteiger partial charge in [-0.2, -0.15) is 0 Å². The smallest absolute Gasteiger partial charge is 0.326 e. The molecule has 37 heavy (non-hydrogen) atoms. The van der Waals surface area contributed by atoms with Gasteiger partial charge in [-0.3, -0.25) is 28.9 Å². The summed E-state index contributed by atoms with van der Waals surface area (Å²) in [5.74, 6) is -0.0254. The number of hydrogen-bond acceptors (Lipinski definition) is 8. The number of aromatic nitrogens is 3. The van der Waals surface area contributed by atoms with E-state index in [1.807, 2.05) is 6.92 Å². The summed E-state index contributed by atoms with van der Waals surface area (Å²) in [7, 11) is 1.53. The number of nitro groups is 1. The van der Waals surface area contributed by atoms with Crippen molar-refractivity contribution in [3.63, 3.8) is 0 Å². The summed E-state index contributed by atoms with van der Waals surface area (Å²) in [6.45, 7) is 7.56. The van der Waals surface area contributed by atoms with Gasteiger partial charge in [-0.15, -0.1) is 0 Å². The van der Waals surface area contributed by atoms with Gasteiger partial charge in [0.15, 0.2) is 0 Å². The molecule has 0 aliphatic heterocycles. The average Bonchev–Trinajstić information content (AvgIpc) is 3.20. The number of nitro benzene ring substituents is 1. The van der Waals surface area contributed by atoms with Crippen molar-refractivity contribution in [1.29, 1.82) is 0 Å². The second-order valence-electron chi connectivity index (χ2n) is 9.57. The Morgan fingerprint density at radius 3 is 2.57 bits per heavy atom. The summed E-state index contributed by atoms with van der Waals surface area (Å²) in [4.78, 5) is 42.1. The minimum absolute atomic E-state index is 0.0738. The maximum Gasteiger partial charge on any atom is 0.326 e. The van der Waals surface area contributed by atoms with Crippen molar-refractivity contribution in [3.05, 3.63) is 63.1 Å². The number of hydrogen-bond donors (Lipinski definition) is 1. The molecule has 0 saturated heterocycles. The second kappa shape index (κ2) is 9.92. The molecular weight excluding hydrogens is 478 g/mol. The first-order valence-electron chi connectivity index (χ1n) is 11.9. The van der Waals surface area contributed by atoms with E-state index in [4.69, 9.17) is 9.47 Å². The van der Waals surface area contributed by atoms with E-state index < -0.39 is 22.1 Å². The summed E-state index contributed by atoms with van der Waals surface area (Å²) in [5, 5.41) is 12.0. The Bertz CT molecular complexity index is 1560. The second-order valence-corrected chi connectivity index (χ2v) is 9.57. The lowest BCUT2D eigenvalue weighted by Gasteiger charge is -2.20. The number of non-ortho nitro benzene ring substituents is 1. The van der Waals surface area contributed by atoms with Gasteiger partial charge in [0.1, 0.15) is 23.6 Å². The number of methoxy groups -OCH3 is 1. The van der Waals surface area contributed by atoms with Crippen LogP contribution in [0.4, 0.5) is 5.69 Å². The molecule has 0 bridgehead atoms. The monoisotopic (exact) mass is 507 g/mol. The highest BCUT2D eigenvalue weighted by Crippen LogP contribution is 2.31. The van der Waals surface area contributed by atoms with E-state index >= 15 is 0 Å². The predicted octanol–water partition coefficient (Wildman–Crippen LogP) is 4.23. The van der Waals surface area contributed by atoms with E-state index in [0.717, 1.165) is 6.42 Å². The highest BCUT2D eigenvalue weighted by molar-refractivity contribution is 5.97. The van der Waals surface area contributed by atoms with E-state index in [1.165, 1.54) is 23.8 Å². The zero-order valence-corrected chi connectivity index (χ0v) is 21.4. The van der Waals surface area contributed by atoms with Gasteiger partial charge in [0.25, 0.3) is 11.2 Å². The molecule has 2 heterocycles. The number of benzene rings is 2. The lowest BCUT2D eigenvalue weighted by Crippen LogP contribution is -2.31. The molecule has 4 rings (SSSR count). The quantitative estimate of drug-likeness (QED) is 0.213. The molecule has 2 aromatic heterocycles. The summed E-state index contributed by atoms with van der Waals surface area (Å²) in [6.07, 6.45) is 2.51. The van der Waals surface area contributed by atoms with Gasteiger partial charge in [0.2, 0.25) is 0 Å². The molecule has 0 amide bonds. The third-order valence-corrected chi connectivity index (χ3v) is 5.65. The minimum atomic E-state index is -0.720. The van der Waals surface area contributed by atoms with Crippen LogP contribution in [0.5, 0.6) is 5.75 Å². The fourth-order valence-electron chi connectivity index (χ4n) is 4.07. The topological polar surface area (TPSA) is 131 Å². The number of nitrogens with one attached hydrogen (secondary N) is 1. The first-order valence-corrected chi connectivity index (χ1v) is 11.9. The lowest BCUT2D eigenvalue weighted by atomic mass is 10.1. The van der Waals surface area contributed by atoms with E-state index in [2.05, 4.69) is 10.4 Å². The normalized spacial score (nSPS) is 11.6. The third-order valence-electron chi connectivity index (χ3n) is 5.65. The molecule has 4 aromatic rings. The fourth-order valence-corrected chi connectivity index (χ4v) is 4.07. The van der Waals surface area contributed by atoms with E-state index in [-0.39, 0.29) is 17.9 Å². The van der Waals surface area contributed by atoms with Gasteiger partial charge in [-0.25, -0.2) is 4.98 Å². The molecule has 11 nitrogen and oxygen atoms in total. The van der Waals surface area contributed by atoms with E-state index in [9.17, 15) is 19.7 Å². The Balaban J connectivity index is 1.97. The summed E-state index contributed by atoms with van der Waals surface area (Å²) >= 11 is 0. The fraction of sp³-hybridized carbons (Fsp3) is 0.346. The zero-order chi connectivity index (χ0) is 26.9. The highest BCUT2D eigenvalue weighted by Gasteiger charge is 2.23. The van der Waals surface area contributed by atoms with Crippen LogP contribution < -0.4 is 15.7 Å². The van der Waals surface area contributed by atoms with Gasteiger partial charge >= 0.3 is 5.97 Å². The molecule has 0 aliphatic carbocycles. The van der Waals surface area contributed by atoms with Crippen LogP contribution in [0, 0.1) is 10.1 Å². The van der Waals surface area contributed by atoms with Crippen LogP contribution in [0.1, 0.15) is 34.1 Å². The molecule has 11 heteroatoms. The van der Waals surface area contributed by atoms with Gasteiger partial charge in [0, 0.05) is 41.9 Å². The van der Waals surface area contributed by atoms with Crippen molar-refractivity contribution < 1.29 is 19.2 Å². The molecule has 0 saturated carbocycles. The number of carbonyl (C=O) groups is 1. The summed E-state index contributed by atoms with van der Waals surface area (Å²) in [6, 6.07) is 9.48. The average molecular weight is 508 g/mol. The molecule has 0 aliphatic rings. The first kappa shape index (κ1) is 25.7. The molecule has 0 fully saturated rings. The molecular formula is C26H29N5O6. The first-order chi connectivity index (χ1) is 17.5. The van der Waals surface area contributed by atoms with E-state index in [0.29, 0.717) is 39.8 Å². The molecule has 2 aromatic carbocycles. The number of esters is 1. The van der Waals surface area contributed by atoms with Crippen molar-refractivity contribution in [2.45, 2.75) is 46.3 Å². The Kier molecular flexibility index (Phi) is 6.88. The lowest BCUT2D eigenvalue weighted by molar-refractivity contribution is -0.384. The van der Waals surface area contributed by atoms with Crippen molar-refractivity contribution in [3.8, 4) is 17.0 Å². The van der Waals surface area contributed by atoms with Crippen LogP contribution >= 0.6 is 0 Å². The van der Waals surface area contributed by atoms with Gasteiger partial charge in [0.05, 0.1) is 28.6 Å². The van der Waals surface area contributed by atoms with Crippen LogP contribution in [-0.2, 0) is 16.1 Å². The Hall–Kier alpha value is -4.41. The third kappa shape index (κ3) is 5.25. The molecule has 0 unspecified atom stereocenters. The van der Waals surface area contributed by atoms with Crippen LogP contribution in [0.3, 0.4) is 0 Å². The highest BCUT2D eigenvalue weighted by atomic mass is 16.6. The van der Waals surface area contributed by atoms with E-state index in [1.54, 1.807) is 55.9 Å². The maximum atomic E-state index is 13.8. The molecule has 0 atom stereocenters. The van der Waals surface area contributed by atoms with Crippen LogP contribution in [0.25, 0.3) is 33.2 Å². The van der Waals surface area contributed by atoms with Crippen molar-refractivity contribution >= 4 is 33.6 Å². The van der Waals surface area contributed by atoms with Crippen molar-refractivity contribution in [2.24, 2.45) is 0 Å². The molecule has 0 radical (unpaired) electrons. The van der Waals surface area contributed by atoms with Crippen LogP contribution in [0.15, 0.2) is 47.4 Å². The van der Waals surface area contributed by atoms with Gasteiger partial charge in [-0.05, 0) is 45.4 Å². The minimum Gasteiger partial charge on any atom is -0.497 e. The standard InChI is InChI=1S/C26H29N5O6/c1-6-11-27-30-14-19(18-9-7-16(31(34)35)12-22(18)30)24-25(33)29(15-23(32)37-26(2,3)4)21-10-8-17(36-5)13-20(21)28-24/h7-10,12-14,27H,6,11,15H2,1-5H3. The number of rotatable bonds is 8. The summed E-state index contributed by atoms with van der Waals surface area (Å²) in [5.41, 5.74) is 3.92. The van der Waals surface area contributed by atoms with Gasteiger partial charge < -0.3 is 14.9 Å². The number of carbonyl (C=O) groups excluding carboxylic acids is 1. The number of ether oxygens (including phenoxy) is 2. The van der Waals surface area contributed by atoms with Crippen LogP contribution in [-0.4, -0.2) is 44.4 Å². The van der Waals surface area contributed by atoms with Crippen LogP contribution in [0.2, 0.25) is 0 Å². The zero-order valence-electron chi connectivity index (χ0n) is 21.4. The predicted molar refractivity (Wildman–Crippen MR) is 141 cm³/mol. The maximum absolute atomic E-state index is 13.8. The molecule has 1 N–H and O–H groups in total. The Morgan fingerprint density at radius 2 is 1.92 bits per heavy atom.